The van der Waals surface area contributed by atoms with Gasteiger partial charge in [0.2, 0.25) is 0 Å². The van der Waals surface area contributed by atoms with Gasteiger partial charge in [-0.25, -0.2) is 8.42 Å². The van der Waals surface area contributed by atoms with Gasteiger partial charge in [0.25, 0.3) is 10.0 Å². The first-order valence-electron chi connectivity index (χ1n) is 6.64. The third-order valence-electron chi connectivity index (χ3n) is 3.26. The minimum absolute atomic E-state index is 0.145. The van der Waals surface area contributed by atoms with Gasteiger partial charge in [-0.2, -0.15) is 0 Å². The molecule has 116 valence electrons. The van der Waals surface area contributed by atoms with E-state index >= 15 is 0 Å². The lowest BCUT2D eigenvalue weighted by Crippen LogP contribution is -2.17. The first-order valence-corrected chi connectivity index (χ1v) is 8.50. The van der Waals surface area contributed by atoms with E-state index in [2.05, 4.69) is 4.72 Å². The van der Waals surface area contributed by atoms with Crippen molar-refractivity contribution in [1.82, 2.24) is 0 Å². The summed E-state index contributed by atoms with van der Waals surface area (Å²) >= 11 is 5.78. The van der Waals surface area contributed by atoms with Crippen molar-refractivity contribution in [3.63, 3.8) is 0 Å². The first-order chi connectivity index (χ1) is 10.5. The van der Waals surface area contributed by atoms with E-state index in [1.807, 2.05) is 0 Å². The maximum atomic E-state index is 12.4. The van der Waals surface area contributed by atoms with Crippen LogP contribution in [0.5, 0.6) is 11.5 Å². The fourth-order valence-electron chi connectivity index (χ4n) is 2.12. The Kier molecular flexibility index (Phi) is 3.88. The van der Waals surface area contributed by atoms with Crippen molar-refractivity contribution in [2.45, 2.75) is 11.8 Å². The molecule has 0 aromatic heterocycles. The molecule has 0 atom stereocenters. The van der Waals surface area contributed by atoms with E-state index in [4.69, 9.17) is 21.1 Å². The summed E-state index contributed by atoms with van der Waals surface area (Å²) in [4.78, 5) is 0.145. The minimum atomic E-state index is -3.68. The van der Waals surface area contributed by atoms with Gasteiger partial charge in [-0.05, 0) is 42.8 Å². The molecule has 0 saturated heterocycles. The van der Waals surface area contributed by atoms with E-state index in [1.165, 1.54) is 24.3 Å². The van der Waals surface area contributed by atoms with Crippen LogP contribution in [0.4, 0.5) is 5.69 Å². The molecule has 1 aliphatic rings. The van der Waals surface area contributed by atoms with Crippen LogP contribution in [0.3, 0.4) is 0 Å². The van der Waals surface area contributed by atoms with Gasteiger partial charge < -0.3 is 9.47 Å². The van der Waals surface area contributed by atoms with Crippen molar-refractivity contribution < 1.29 is 17.9 Å². The SMILES string of the molecule is Cc1cc2c(cc1NS(=O)(=O)c1ccc(Cl)cc1)OCCO2. The molecule has 0 fully saturated rings. The summed E-state index contributed by atoms with van der Waals surface area (Å²) in [5.74, 6) is 1.16. The number of rotatable bonds is 3. The van der Waals surface area contributed by atoms with Gasteiger partial charge >= 0.3 is 0 Å². The average Bonchev–Trinajstić information content (AvgIpc) is 2.48. The summed E-state index contributed by atoms with van der Waals surface area (Å²) in [6.45, 7) is 2.74. The Morgan fingerprint density at radius 3 is 2.27 bits per heavy atom. The maximum absolute atomic E-state index is 12.4. The highest BCUT2D eigenvalue weighted by Gasteiger charge is 2.19. The van der Waals surface area contributed by atoms with E-state index < -0.39 is 10.0 Å². The minimum Gasteiger partial charge on any atom is -0.486 e. The molecule has 2 aromatic rings. The lowest BCUT2D eigenvalue weighted by molar-refractivity contribution is 0.171. The highest BCUT2D eigenvalue weighted by atomic mass is 35.5. The first kappa shape index (κ1) is 15.0. The maximum Gasteiger partial charge on any atom is 0.261 e. The number of ether oxygens (including phenoxy) is 2. The van der Waals surface area contributed by atoms with Crippen molar-refractivity contribution in [3.05, 3.63) is 47.0 Å². The van der Waals surface area contributed by atoms with Crippen LogP contribution in [0.25, 0.3) is 0 Å². The van der Waals surface area contributed by atoms with Crippen LogP contribution < -0.4 is 14.2 Å². The molecule has 2 aromatic carbocycles. The lowest BCUT2D eigenvalue weighted by Gasteiger charge is -2.20. The Hall–Kier alpha value is -1.92. The topological polar surface area (TPSA) is 64.6 Å². The van der Waals surface area contributed by atoms with Crippen molar-refractivity contribution in [2.24, 2.45) is 0 Å². The summed E-state index contributed by atoms with van der Waals surface area (Å²) in [7, 11) is -3.68. The summed E-state index contributed by atoms with van der Waals surface area (Å²) in [6.07, 6.45) is 0. The zero-order valence-electron chi connectivity index (χ0n) is 11.8. The Bertz CT molecular complexity index is 803. The fraction of sp³-hybridized carbons (Fsp3) is 0.200. The molecular weight excluding hydrogens is 326 g/mol. The van der Waals surface area contributed by atoms with Crippen molar-refractivity contribution in [3.8, 4) is 11.5 Å². The quantitative estimate of drug-likeness (QED) is 0.932. The van der Waals surface area contributed by atoms with Crippen LogP contribution in [0.1, 0.15) is 5.56 Å². The number of nitrogens with one attached hydrogen (secondary N) is 1. The van der Waals surface area contributed by atoms with Gasteiger partial charge in [-0.1, -0.05) is 11.6 Å². The van der Waals surface area contributed by atoms with E-state index in [1.54, 1.807) is 19.1 Å². The van der Waals surface area contributed by atoms with Crippen LogP contribution in [-0.4, -0.2) is 21.6 Å². The highest BCUT2D eigenvalue weighted by molar-refractivity contribution is 7.92. The van der Waals surface area contributed by atoms with Crippen molar-refractivity contribution >= 4 is 27.3 Å². The Morgan fingerprint density at radius 2 is 1.64 bits per heavy atom. The van der Waals surface area contributed by atoms with Gasteiger partial charge in [0, 0.05) is 11.1 Å². The summed E-state index contributed by atoms with van der Waals surface area (Å²) in [6, 6.07) is 9.38. The van der Waals surface area contributed by atoms with Gasteiger partial charge in [-0.15, -0.1) is 0 Å². The van der Waals surface area contributed by atoms with Crippen LogP contribution in [0.15, 0.2) is 41.3 Å². The lowest BCUT2D eigenvalue weighted by atomic mass is 10.2. The van der Waals surface area contributed by atoms with Gasteiger partial charge in [0.1, 0.15) is 13.2 Å². The number of halogens is 1. The molecule has 0 unspecified atom stereocenters. The van der Waals surface area contributed by atoms with Crippen LogP contribution in [0, 0.1) is 6.92 Å². The molecule has 0 aliphatic carbocycles. The number of aryl methyl sites for hydroxylation is 1. The molecule has 1 N–H and O–H groups in total. The summed E-state index contributed by atoms with van der Waals surface area (Å²) in [5.41, 5.74) is 1.21. The Labute approximate surface area is 133 Å². The molecule has 7 heteroatoms. The molecule has 1 heterocycles. The third-order valence-corrected chi connectivity index (χ3v) is 4.89. The third kappa shape index (κ3) is 2.98. The van der Waals surface area contributed by atoms with Crippen LogP contribution in [0.2, 0.25) is 5.02 Å². The molecule has 0 amide bonds. The highest BCUT2D eigenvalue weighted by Crippen LogP contribution is 2.36. The molecule has 0 bridgehead atoms. The Morgan fingerprint density at radius 1 is 1.05 bits per heavy atom. The molecule has 3 rings (SSSR count). The molecular formula is C15H14ClNO4S. The second kappa shape index (κ2) is 5.70. The standard InChI is InChI=1S/C15H14ClNO4S/c1-10-8-14-15(21-7-6-20-14)9-13(10)17-22(18,19)12-4-2-11(16)3-5-12/h2-5,8-9,17H,6-7H2,1H3. The molecule has 0 radical (unpaired) electrons. The van der Waals surface area contributed by atoms with E-state index in [0.29, 0.717) is 35.4 Å². The van der Waals surface area contributed by atoms with Gasteiger partial charge in [0.05, 0.1) is 10.6 Å². The van der Waals surface area contributed by atoms with E-state index in [-0.39, 0.29) is 4.90 Å². The van der Waals surface area contributed by atoms with Crippen molar-refractivity contribution in [1.29, 1.82) is 0 Å². The number of hydrogen-bond acceptors (Lipinski definition) is 4. The molecule has 0 saturated carbocycles. The number of hydrogen-bond donors (Lipinski definition) is 1. The van der Waals surface area contributed by atoms with E-state index in [0.717, 1.165) is 5.56 Å². The van der Waals surface area contributed by atoms with E-state index in [9.17, 15) is 8.42 Å². The molecule has 0 spiro atoms. The van der Waals surface area contributed by atoms with Gasteiger partial charge in [-0.3, -0.25) is 4.72 Å². The van der Waals surface area contributed by atoms with Crippen LogP contribution >= 0.6 is 11.6 Å². The fourth-order valence-corrected chi connectivity index (χ4v) is 3.37. The molecule has 22 heavy (non-hydrogen) atoms. The second-order valence-corrected chi connectivity index (χ2v) is 6.99. The normalized spacial score (nSPS) is 13.7. The largest absolute Gasteiger partial charge is 0.486 e. The number of anilines is 1. The Balaban J connectivity index is 1.93. The smallest absolute Gasteiger partial charge is 0.261 e. The second-order valence-electron chi connectivity index (χ2n) is 4.87. The number of fused-ring (bicyclic) bond motifs is 1. The zero-order chi connectivity index (χ0) is 15.7. The van der Waals surface area contributed by atoms with Crippen molar-refractivity contribution in [2.75, 3.05) is 17.9 Å². The molecule has 1 aliphatic heterocycles. The predicted octanol–water partition coefficient (Wildman–Crippen LogP) is 3.22. The molecule has 5 nitrogen and oxygen atoms in total. The van der Waals surface area contributed by atoms with Crippen LogP contribution in [-0.2, 0) is 10.0 Å². The average molecular weight is 340 g/mol. The number of benzene rings is 2. The zero-order valence-corrected chi connectivity index (χ0v) is 13.4. The monoisotopic (exact) mass is 339 g/mol. The summed E-state index contributed by atoms with van der Waals surface area (Å²) in [5, 5.41) is 0.481. The predicted molar refractivity (Wildman–Crippen MR) is 84.4 cm³/mol. The summed E-state index contributed by atoms with van der Waals surface area (Å²) < 4.78 is 38.3. The number of sulfonamides is 1. The van der Waals surface area contributed by atoms with Gasteiger partial charge in [0.15, 0.2) is 11.5 Å².